The fourth-order valence-electron chi connectivity index (χ4n) is 4.00. The molecule has 7 heteroatoms. The van der Waals surface area contributed by atoms with E-state index in [0.717, 1.165) is 30.2 Å². The van der Waals surface area contributed by atoms with Crippen molar-refractivity contribution in [2.45, 2.75) is 37.9 Å². The number of amides is 3. The lowest BCUT2D eigenvalue weighted by Gasteiger charge is -2.22. The highest BCUT2D eigenvalue weighted by Gasteiger charge is 2.30. The van der Waals surface area contributed by atoms with E-state index in [1.165, 1.54) is 6.08 Å². The highest BCUT2D eigenvalue weighted by Crippen LogP contribution is 2.24. The number of hydrogen-bond donors (Lipinski definition) is 3. The van der Waals surface area contributed by atoms with E-state index >= 15 is 0 Å². The van der Waals surface area contributed by atoms with Crippen molar-refractivity contribution in [3.05, 3.63) is 48.2 Å². The molecule has 1 saturated carbocycles. The first-order valence-electron chi connectivity index (χ1n) is 9.22. The minimum Gasteiger partial charge on any atom is -0.349 e. The molecule has 7 nitrogen and oxygen atoms in total. The van der Waals surface area contributed by atoms with Crippen molar-refractivity contribution in [3.8, 4) is 0 Å². The van der Waals surface area contributed by atoms with Gasteiger partial charge in [0.05, 0.1) is 0 Å². The summed E-state index contributed by atoms with van der Waals surface area (Å²) in [4.78, 5) is 36.3. The van der Waals surface area contributed by atoms with Crippen LogP contribution >= 0.6 is 0 Å². The van der Waals surface area contributed by atoms with E-state index in [2.05, 4.69) is 22.5 Å². The Morgan fingerprint density at radius 2 is 1.96 bits per heavy atom. The molecule has 4 rings (SSSR count). The summed E-state index contributed by atoms with van der Waals surface area (Å²) >= 11 is 0. The minimum absolute atomic E-state index is 0.0760. The van der Waals surface area contributed by atoms with Gasteiger partial charge in [0.25, 0.3) is 11.8 Å². The molecule has 1 aromatic carbocycles. The predicted molar refractivity (Wildman–Crippen MR) is 102 cm³/mol. The quantitative estimate of drug-likeness (QED) is 0.713. The van der Waals surface area contributed by atoms with Crippen LogP contribution in [0.2, 0.25) is 0 Å². The van der Waals surface area contributed by atoms with Crippen molar-refractivity contribution in [2.75, 3.05) is 6.54 Å². The number of hydrogen-bond acceptors (Lipinski definition) is 3. The number of rotatable bonds is 4. The Balaban J connectivity index is 1.55. The van der Waals surface area contributed by atoms with Crippen molar-refractivity contribution < 1.29 is 14.4 Å². The van der Waals surface area contributed by atoms with Crippen LogP contribution in [0.5, 0.6) is 0 Å². The third kappa shape index (κ3) is 3.20. The van der Waals surface area contributed by atoms with E-state index in [1.807, 2.05) is 22.8 Å². The Hall–Kier alpha value is -3.09. The highest BCUT2D eigenvalue weighted by atomic mass is 16.2. The standard InChI is InChI=1S/C20H22N4O3/c1-2-18(25)22-14-4-3-5-15(14)23-19(26)13-7-6-12-10-17-20(27)21-8-9-24(17)16(12)11-13/h2,6-7,10-11,14-15H,1,3-5,8-9H2,(H,21,27)(H,22,25)(H,23,26)/t14-,15-/m0/s1. The molecular formula is C20H22N4O3. The SMILES string of the molecule is C=CC(=O)N[C@H]1CCC[C@@H]1NC(=O)c1ccc2cc3n(c2c1)CCNC3=O. The van der Waals surface area contributed by atoms with Crippen molar-refractivity contribution >= 4 is 28.6 Å². The number of carbonyl (C=O) groups is 3. The molecular weight excluding hydrogens is 344 g/mol. The smallest absolute Gasteiger partial charge is 0.268 e. The molecule has 1 aliphatic heterocycles. The second-order valence-corrected chi connectivity index (χ2v) is 7.04. The number of carbonyl (C=O) groups excluding carboxylic acids is 3. The number of nitrogens with one attached hydrogen (secondary N) is 3. The third-order valence-electron chi connectivity index (χ3n) is 5.37. The van der Waals surface area contributed by atoms with Gasteiger partial charge in [0.1, 0.15) is 5.69 Å². The minimum atomic E-state index is -0.222. The summed E-state index contributed by atoms with van der Waals surface area (Å²) in [6, 6.07) is 7.15. The van der Waals surface area contributed by atoms with Crippen LogP contribution in [0.4, 0.5) is 0 Å². The molecule has 140 valence electrons. The van der Waals surface area contributed by atoms with Gasteiger partial charge in [0, 0.05) is 41.6 Å². The first kappa shape index (κ1) is 17.3. The maximum absolute atomic E-state index is 12.8. The average Bonchev–Trinajstić information content (AvgIpc) is 3.26. The molecule has 1 aromatic heterocycles. The van der Waals surface area contributed by atoms with Gasteiger partial charge < -0.3 is 20.5 Å². The number of nitrogens with zero attached hydrogens (tertiary/aromatic N) is 1. The Kier molecular flexibility index (Phi) is 4.43. The van der Waals surface area contributed by atoms with E-state index in [1.54, 1.807) is 6.07 Å². The van der Waals surface area contributed by atoms with E-state index in [4.69, 9.17) is 0 Å². The summed E-state index contributed by atoms with van der Waals surface area (Å²) in [6.45, 7) is 4.74. The largest absolute Gasteiger partial charge is 0.349 e. The van der Waals surface area contributed by atoms with Crippen molar-refractivity contribution in [3.63, 3.8) is 0 Å². The molecule has 0 spiro atoms. The molecule has 1 fully saturated rings. The van der Waals surface area contributed by atoms with Crippen molar-refractivity contribution in [2.24, 2.45) is 0 Å². The Labute approximate surface area is 156 Å². The lowest BCUT2D eigenvalue weighted by atomic mass is 10.1. The predicted octanol–water partition coefficient (Wildman–Crippen LogP) is 1.34. The molecule has 2 heterocycles. The zero-order chi connectivity index (χ0) is 19.0. The van der Waals surface area contributed by atoms with Gasteiger partial charge in [-0.25, -0.2) is 0 Å². The summed E-state index contributed by atoms with van der Waals surface area (Å²) in [6.07, 6.45) is 3.87. The zero-order valence-electron chi connectivity index (χ0n) is 15.0. The molecule has 0 radical (unpaired) electrons. The van der Waals surface area contributed by atoms with Gasteiger partial charge in [-0.1, -0.05) is 12.6 Å². The molecule has 3 N–H and O–H groups in total. The second kappa shape index (κ2) is 6.90. The van der Waals surface area contributed by atoms with Crippen LogP contribution in [-0.4, -0.2) is 40.9 Å². The fourth-order valence-corrected chi connectivity index (χ4v) is 4.00. The summed E-state index contributed by atoms with van der Waals surface area (Å²) in [5, 5.41) is 9.70. The molecule has 0 saturated heterocycles. The van der Waals surface area contributed by atoms with Gasteiger partial charge in [-0.3, -0.25) is 14.4 Å². The van der Waals surface area contributed by atoms with Gasteiger partial charge in [-0.15, -0.1) is 0 Å². The fraction of sp³-hybridized carbons (Fsp3) is 0.350. The van der Waals surface area contributed by atoms with Gasteiger partial charge in [0.15, 0.2) is 0 Å². The van der Waals surface area contributed by atoms with Gasteiger partial charge >= 0.3 is 0 Å². The maximum atomic E-state index is 12.8. The Morgan fingerprint density at radius 3 is 2.74 bits per heavy atom. The molecule has 3 amide bonds. The molecule has 2 aliphatic rings. The highest BCUT2D eigenvalue weighted by molar-refractivity contribution is 6.02. The topological polar surface area (TPSA) is 92.2 Å². The summed E-state index contributed by atoms with van der Waals surface area (Å²) in [5.41, 5.74) is 2.06. The van der Waals surface area contributed by atoms with Gasteiger partial charge in [-0.2, -0.15) is 0 Å². The number of fused-ring (bicyclic) bond motifs is 3. The van der Waals surface area contributed by atoms with Crippen LogP contribution in [0.15, 0.2) is 36.9 Å². The molecule has 0 unspecified atom stereocenters. The second-order valence-electron chi connectivity index (χ2n) is 7.04. The first-order chi connectivity index (χ1) is 13.1. The van der Waals surface area contributed by atoms with E-state index in [9.17, 15) is 14.4 Å². The van der Waals surface area contributed by atoms with E-state index < -0.39 is 0 Å². The normalized spacial score (nSPS) is 21.4. The van der Waals surface area contributed by atoms with Crippen LogP contribution < -0.4 is 16.0 Å². The maximum Gasteiger partial charge on any atom is 0.268 e. The molecule has 2 aromatic rings. The Morgan fingerprint density at radius 1 is 1.19 bits per heavy atom. The molecule has 1 aliphatic carbocycles. The summed E-state index contributed by atoms with van der Waals surface area (Å²) in [7, 11) is 0. The van der Waals surface area contributed by atoms with Crippen LogP contribution in [0, 0.1) is 0 Å². The summed E-state index contributed by atoms with van der Waals surface area (Å²) < 4.78 is 1.95. The van der Waals surface area contributed by atoms with Crippen LogP contribution in [0.3, 0.4) is 0 Å². The van der Waals surface area contributed by atoms with Crippen molar-refractivity contribution in [1.82, 2.24) is 20.5 Å². The lowest BCUT2D eigenvalue weighted by molar-refractivity contribution is -0.117. The van der Waals surface area contributed by atoms with E-state index in [-0.39, 0.29) is 29.8 Å². The molecule has 27 heavy (non-hydrogen) atoms. The molecule has 2 atom stereocenters. The third-order valence-corrected chi connectivity index (χ3v) is 5.37. The van der Waals surface area contributed by atoms with Crippen LogP contribution in [0.1, 0.15) is 40.1 Å². The number of aromatic nitrogens is 1. The van der Waals surface area contributed by atoms with Crippen LogP contribution in [0.25, 0.3) is 10.9 Å². The lowest BCUT2D eigenvalue weighted by Crippen LogP contribution is -2.48. The van der Waals surface area contributed by atoms with Gasteiger partial charge in [0.2, 0.25) is 5.91 Å². The van der Waals surface area contributed by atoms with Gasteiger partial charge in [-0.05, 0) is 43.5 Å². The van der Waals surface area contributed by atoms with Crippen molar-refractivity contribution in [1.29, 1.82) is 0 Å². The average molecular weight is 366 g/mol. The zero-order valence-corrected chi connectivity index (χ0v) is 15.0. The van der Waals surface area contributed by atoms with E-state index in [0.29, 0.717) is 24.3 Å². The monoisotopic (exact) mass is 366 g/mol. The first-order valence-corrected chi connectivity index (χ1v) is 9.22. The number of benzene rings is 1. The summed E-state index contributed by atoms with van der Waals surface area (Å²) in [5.74, 6) is -0.478. The van der Waals surface area contributed by atoms with Crippen LogP contribution in [-0.2, 0) is 11.3 Å². The molecule has 0 bridgehead atoms. The Bertz CT molecular complexity index is 946.